The van der Waals surface area contributed by atoms with Crippen molar-refractivity contribution in [2.24, 2.45) is 10.7 Å². The smallest absolute Gasteiger partial charge is 0.193 e. The Bertz CT molecular complexity index is 906. The number of guanidine groups is 1. The van der Waals surface area contributed by atoms with E-state index in [0.717, 1.165) is 5.56 Å². The van der Waals surface area contributed by atoms with Gasteiger partial charge in [-0.05, 0) is 34.5 Å². The van der Waals surface area contributed by atoms with Gasteiger partial charge in [0.25, 0.3) is 0 Å². The molecule has 3 aromatic rings. The number of rotatable bonds is 5. The number of benzene rings is 3. The van der Waals surface area contributed by atoms with Gasteiger partial charge < -0.3 is 20.5 Å². The maximum Gasteiger partial charge on any atom is 0.193 e. The monoisotopic (exact) mass is 335 g/mol. The van der Waals surface area contributed by atoms with Crippen molar-refractivity contribution in [3.05, 3.63) is 66.2 Å². The Morgan fingerprint density at radius 3 is 2.52 bits per heavy atom. The van der Waals surface area contributed by atoms with E-state index in [1.165, 1.54) is 10.8 Å². The number of nitrogens with zero attached hydrogens (tertiary/aromatic N) is 1. The van der Waals surface area contributed by atoms with Crippen LogP contribution in [-0.4, -0.2) is 20.2 Å². The Hall–Kier alpha value is -3.21. The molecule has 5 nitrogen and oxygen atoms in total. The van der Waals surface area contributed by atoms with Crippen LogP contribution in [0.25, 0.3) is 10.8 Å². The molecule has 0 spiro atoms. The van der Waals surface area contributed by atoms with Crippen LogP contribution in [0.15, 0.2) is 65.7 Å². The van der Waals surface area contributed by atoms with Crippen LogP contribution in [0.1, 0.15) is 5.56 Å². The summed E-state index contributed by atoms with van der Waals surface area (Å²) >= 11 is 0. The SMILES string of the molecule is COc1ccc(OC)c(NC(N)=NCc2ccc3ccccc3c2)c1. The van der Waals surface area contributed by atoms with E-state index < -0.39 is 0 Å². The summed E-state index contributed by atoms with van der Waals surface area (Å²) in [6.07, 6.45) is 0. The van der Waals surface area contributed by atoms with Gasteiger partial charge in [0.2, 0.25) is 0 Å². The summed E-state index contributed by atoms with van der Waals surface area (Å²) in [6.45, 7) is 0.496. The van der Waals surface area contributed by atoms with Crippen molar-refractivity contribution in [1.29, 1.82) is 0 Å². The number of methoxy groups -OCH3 is 2. The minimum atomic E-state index is 0.319. The van der Waals surface area contributed by atoms with Crippen molar-refractivity contribution in [2.75, 3.05) is 19.5 Å². The Kier molecular flexibility index (Phi) is 5.04. The molecule has 0 aliphatic heterocycles. The Balaban J connectivity index is 1.75. The maximum absolute atomic E-state index is 6.02. The number of anilines is 1. The van der Waals surface area contributed by atoms with Gasteiger partial charge in [-0.2, -0.15) is 0 Å². The Morgan fingerprint density at radius 2 is 1.76 bits per heavy atom. The number of aliphatic imine (C=N–C) groups is 1. The molecular formula is C20H21N3O2. The second-order valence-electron chi connectivity index (χ2n) is 5.57. The number of hydrogen-bond donors (Lipinski definition) is 2. The average molecular weight is 335 g/mol. The van der Waals surface area contributed by atoms with Crippen LogP contribution >= 0.6 is 0 Å². The molecule has 3 rings (SSSR count). The second-order valence-corrected chi connectivity index (χ2v) is 5.57. The average Bonchev–Trinajstić information content (AvgIpc) is 2.66. The van der Waals surface area contributed by atoms with Crippen molar-refractivity contribution in [1.82, 2.24) is 0 Å². The first-order chi connectivity index (χ1) is 12.2. The van der Waals surface area contributed by atoms with E-state index in [0.29, 0.717) is 29.7 Å². The molecule has 25 heavy (non-hydrogen) atoms. The molecule has 0 saturated heterocycles. The highest BCUT2D eigenvalue weighted by Crippen LogP contribution is 2.28. The first-order valence-electron chi connectivity index (χ1n) is 7.96. The van der Waals surface area contributed by atoms with Crippen LogP contribution in [0, 0.1) is 0 Å². The summed E-state index contributed by atoms with van der Waals surface area (Å²) < 4.78 is 10.6. The molecule has 0 unspecified atom stereocenters. The first kappa shape index (κ1) is 16.6. The van der Waals surface area contributed by atoms with Crippen molar-refractivity contribution < 1.29 is 9.47 Å². The predicted molar refractivity (Wildman–Crippen MR) is 102 cm³/mol. The largest absolute Gasteiger partial charge is 0.497 e. The molecule has 0 aliphatic carbocycles. The van der Waals surface area contributed by atoms with E-state index in [1.54, 1.807) is 14.2 Å². The van der Waals surface area contributed by atoms with Gasteiger partial charge >= 0.3 is 0 Å². The third kappa shape index (κ3) is 4.01. The van der Waals surface area contributed by atoms with E-state index >= 15 is 0 Å². The molecule has 128 valence electrons. The summed E-state index contributed by atoms with van der Waals surface area (Å²) in [5.41, 5.74) is 7.83. The first-order valence-corrected chi connectivity index (χ1v) is 7.96. The van der Waals surface area contributed by atoms with E-state index in [4.69, 9.17) is 15.2 Å². The quantitative estimate of drug-likeness (QED) is 0.550. The zero-order chi connectivity index (χ0) is 17.6. The van der Waals surface area contributed by atoms with E-state index in [2.05, 4.69) is 40.6 Å². The van der Waals surface area contributed by atoms with Crippen LogP contribution in [0.5, 0.6) is 11.5 Å². The minimum absolute atomic E-state index is 0.319. The topological polar surface area (TPSA) is 68.9 Å². The molecule has 0 aromatic heterocycles. The third-order valence-corrected chi connectivity index (χ3v) is 3.92. The van der Waals surface area contributed by atoms with Gasteiger partial charge in [0.15, 0.2) is 5.96 Å². The molecule has 0 bridgehead atoms. The number of ether oxygens (including phenoxy) is 2. The standard InChI is InChI=1S/C20H21N3O2/c1-24-17-9-10-19(25-2)18(12-17)23-20(21)22-13-14-7-8-15-5-3-4-6-16(15)11-14/h3-12H,13H2,1-2H3,(H3,21,22,23). The molecule has 0 atom stereocenters. The van der Waals surface area contributed by atoms with Gasteiger partial charge in [0.05, 0.1) is 26.5 Å². The summed E-state index contributed by atoms with van der Waals surface area (Å²) in [4.78, 5) is 4.41. The van der Waals surface area contributed by atoms with Crippen molar-refractivity contribution >= 4 is 22.4 Å². The van der Waals surface area contributed by atoms with E-state index in [9.17, 15) is 0 Å². The molecule has 0 radical (unpaired) electrons. The zero-order valence-electron chi connectivity index (χ0n) is 14.3. The summed E-state index contributed by atoms with van der Waals surface area (Å²) in [5.74, 6) is 1.70. The fourth-order valence-corrected chi connectivity index (χ4v) is 2.60. The van der Waals surface area contributed by atoms with E-state index in [1.807, 2.05) is 30.3 Å². The predicted octanol–water partition coefficient (Wildman–Crippen LogP) is 3.78. The minimum Gasteiger partial charge on any atom is -0.497 e. The lowest BCUT2D eigenvalue weighted by Crippen LogP contribution is -2.23. The lowest BCUT2D eigenvalue weighted by atomic mass is 10.1. The van der Waals surface area contributed by atoms with Crippen LogP contribution < -0.4 is 20.5 Å². The molecule has 3 N–H and O–H groups in total. The molecule has 5 heteroatoms. The molecule has 0 fully saturated rings. The molecular weight excluding hydrogens is 314 g/mol. The Labute approximate surface area is 147 Å². The number of nitrogens with two attached hydrogens (primary N) is 1. The van der Waals surface area contributed by atoms with Gasteiger partial charge in [-0.15, -0.1) is 0 Å². The normalized spacial score (nSPS) is 11.4. The fraction of sp³-hybridized carbons (Fsp3) is 0.150. The molecule has 0 saturated carbocycles. The molecule has 3 aromatic carbocycles. The molecule has 0 heterocycles. The summed E-state index contributed by atoms with van der Waals surface area (Å²) in [6, 6.07) is 20.0. The van der Waals surface area contributed by atoms with Gasteiger partial charge in [0, 0.05) is 6.07 Å². The number of nitrogens with one attached hydrogen (secondary N) is 1. The van der Waals surface area contributed by atoms with Gasteiger partial charge in [-0.3, -0.25) is 0 Å². The zero-order valence-corrected chi connectivity index (χ0v) is 14.3. The molecule has 0 aliphatic rings. The van der Waals surface area contributed by atoms with Gasteiger partial charge in [-0.1, -0.05) is 36.4 Å². The van der Waals surface area contributed by atoms with Crippen LogP contribution in [0.4, 0.5) is 5.69 Å². The third-order valence-electron chi connectivity index (χ3n) is 3.92. The summed E-state index contributed by atoms with van der Waals surface area (Å²) in [7, 11) is 3.22. The maximum atomic E-state index is 6.02. The van der Waals surface area contributed by atoms with Gasteiger partial charge in [0.1, 0.15) is 11.5 Å². The van der Waals surface area contributed by atoms with Crippen LogP contribution in [-0.2, 0) is 6.54 Å². The van der Waals surface area contributed by atoms with Crippen LogP contribution in [0.2, 0.25) is 0 Å². The Morgan fingerprint density at radius 1 is 0.960 bits per heavy atom. The highest BCUT2D eigenvalue weighted by molar-refractivity contribution is 5.94. The lowest BCUT2D eigenvalue weighted by molar-refractivity contribution is 0.405. The van der Waals surface area contributed by atoms with E-state index in [-0.39, 0.29) is 0 Å². The van der Waals surface area contributed by atoms with Crippen LogP contribution in [0.3, 0.4) is 0 Å². The van der Waals surface area contributed by atoms with Crippen molar-refractivity contribution in [2.45, 2.75) is 6.54 Å². The number of fused-ring (bicyclic) bond motifs is 1. The highest BCUT2D eigenvalue weighted by Gasteiger charge is 2.06. The molecule has 0 amide bonds. The summed E-state index contributed by atoms with van der Waals surface area (Å²) in [5, 5.41) is 5.47. The fourth-order valence-electron chi connectivity index (χ4n) is 2.60. The number of hydrogen-bond acceptors (Lipinski definition) is 3. The highest BCUT2D eigenvalue weighted by atomic mass is 16.5. The van der Waals surface area contributed by atoms with Gasteiger partial charge in [-0.25, -0.2) is 4.99 Å². The second kappa shape index (κ2) is 7.57. The van der Waals surface area contributed by atoms with Crippen molar-refractivity contribution in [3.63, 3.8) is 0 Å². The lowest BCUT2D eigenvalue weighted by Gasteiger charge is -2.12. The van der Waals surface area contributed by atoms with Crippen molar-refractivity contribution in [3.8, 4) is 11.5 Å².